The highest BCUT2D eigenvalue weighted by Crippen LogP contribution is 2.16. The second-order valence-electron chi connectivity index (χ2n) is 2.55. The Balaban J connectivity index is 2.79. The van der Waals surface area contributed by atoms with Gasteiger partial charge in [0.1, 0.15) is 0 Å². The quantitative estimate of drug-likeness (QED) is 0.401. The van der Waals surface area contributed by atoms with Crippen LogP contribution in [-0.4, -0.2) is 21.4 Å². The van der Waals surface area contributed by atoms with E-state index in [0.717, 1.165) is 0 Å². The molecule has 70 valence electrons. The third-order valence-electron chi connectivity index (χ3n) is 1.64. The third kappa shape index (κ3) is 2.24. The van der Waals surface area contributed by atoms with Crippen molar-refractivity contribution in [2.24, 2.45) is 0 Å². The molecule has 0 aliphatic carbocycles. The highest BCUT2D eigenvalue weighted by atomic mass is 16.7. The average molecular weight is 183 g/mol. The normalized spacial score (nSPS) is 14.9. The van der Waals surface area contributed by atoms with E-state index in [-0.39, 0.29) is 0 Å². The van der Waals surface area contributed by atoms with Crippen LogP contribution in [0.4, 0.5) is 0 Å². The fraction of sp³-hybridized carbons (Fsp3) is 0.250. The van der Waals surface area contributed by atoms with Gasteiger partial charge in [-0.15, -0.1) is 0 Å². The summed E-state index contributed by atoms with van der Waals surface area (Å²) < 4.78 is 0. The SMILES string of the molecule is O=[N+]([O-])[C@@H](O)[C@@H](O)c1ccccc1. The molecule has 0 aliphatic rings. The van der Waals surface area contributed by atoms with Crippen molar-refractivity contribution in [1.29, 1.82) is 0 Å². The summed E-state index contributed by atoms with van der Waals surface area (Å²) in [6, 6.07) is 8.00. The molecule has 1 aromatic rings. The largest absolute Gasteiger partial charge is 0.379 e. The first kappa shape index (κ1) is 9.63. The van der Waals surface area contributed by atoms with E-state index in [1.807, 2.05) is 0 Å². The lowest BCUT2D eigenvalue weighted by molar-refractivity contribution is -0.584. The predicted octanol–water partition coefficient (Wildman–Crippen LogP) is 0.315. The van der Waals surface area contributed by atoms with Crippen LogP contribution in [0.1, 0.15) is 11.7 Å². The summed E-state index contributed by atoms with van der Waals surface area (Å²) in [5.41, 5.74) is 0.326. The first-order valence-electron chi connectivity index (χ1n) is 3.67. The molecule has 0 fully saturated rings. The van der Waals surface area contributed by atoms with Gasteiger partial charge in [0.05, 0.1) is 4.92 Å². The van der Waals surface area contributed by atoms with Gasteiger partial charge < -0.3 is 10.2 Å². The number of nitrogens with zero attached hydrogens (tertiary/aromatic N) is 1. The molecule has 0 radical (unpaired) electrons. The molecular weight excluding hydrogens is 174 g/mol. The van der Waals surface area contributed by atoms with E-state index in [9.17, 15) is 15.2 Å². The molecule has 0 aliphatic heterocycles. The smallest absolute Gasteiger partial charge is 0.343 e. The predicted molar refractivity (Wildman–Crippen MR) is 44.4 cm³/mol. The number of rotatable bonds is 3. The molecule has 5 heteroatoms. The van der Waals surface area contributed by atoms with E-state index in [1.165, 1.54) is 12.1 Å². The number of hydrogen-bond donors (Lipinski definition) is 2. The molecule has 0 heterocycles. The van der Waals surface area contributed by atoms with Gasteiger partial charge in [0.25, 0.3) is 0 Å². The number of benzene rings is 1. The molecule has 0 amide bonds. The molecule has 5 nitrogen and oxygen atoms in total. The van der Waals surface area contributed by atoms with Crippen LogP contribution < -0.4 is 0 Å². The van der Waals surface area contributed by atoms with Crippen molar-refractivity contribution in [3.8, 4) is 0 Å². The molecule has 1 aromatic carbocycles. The Kier molecular flexibility index (Phi) is 2.94. The van der Waals surface area contributed by atoms with E-state index in [0.29, 0.717) is 5.56 Å². The molecule has 2 atom stereocenters. The summed E-state index contributed by atoms with van der Waals surface area (Å²) in [6.45, 7) is 0. The van der Waals surface area contributed by atoms with Gasteiger partial charge in [-0.25, -0.2) is 0 Å². The van der Waals surface area contributed by atoms with E-state index in [1.54, 1.807) is 18.2 Å². The van der Waals surface area contributed by atoms with Gasteiger partial charge in [0, 0.05) is 0 Å². The van der Waals surface area contributed by atoms with Crippen LogP contribution in [0.25, 0.3) is 0 Å². The number of hydrogen-bond acceptors (Lipinski definition) is 4. The van der Waals surface area contributed by atoms with Crippen LogP contribution in [0.3, 0.4) is 0 Å². The number of aliphatic hydroxyl groups excluding tert-OH is 2. The fourth-order valence-electron chi connectivity index (χ4n) is 0.938. The molecule has 1 rings (SSSR count). The van der Waals surface area contributed by atoms with Crippen molar-refractivity contribution in [2.75, 3.05) is 0 Å². The number of aliphatic hydroxyl groups is 2. The average Bonchev–Trinajstić information content (AvgIpc) is 2.17. The summed E-state index contributed by atoms with van der Waals surface area (Å²) in [5, 5.41) is 28.3. The summed E-state index contributed by atoms with van der Waals surface area (Å²) in [6.07, 6.45) is -3.45. The zero-order valence-corrected chi connectivity index (χ0v) is 6.70. The molecule has 0 saturated heterocycles. The number of nitro groups is 1. The Hall–Kier alpha value is -1.46. The highest BCUT2D eigenvalue weighted by Gasteiger charge is 2.27. The van der Waals surface area contributed by atoms with Crippen LogP contribution in [0.2, 0.25) is 0 Å². The van der Waals surface area contributed by atoms with E-state index in [4.69, 9.17) is 5.11 Å². The topological polar surface area (TPSA) is 83.6 Å². The lowest BCUT2D eigenvalue weighted by atomic mass is 10.1. The van der Waals surface area contributed by atoms with Gasteiger partial charge >= 0.3 is 6.23 Å². The second-order valence-corrected chi connectivity index (χ2v) is 2.55. The molecule has 0 spiro atoms. The van der Waals surface area contributed by atoms with Crippen molar-refractivity contribution >= 4 is 0 Å². The van der Waals surface area contributed by atoms with Crippen LogP contribution >= 0.6 is 0 Å². The molecular formula is C8H9NO4. The summed E-state index contributed by atoms with van der Waals surface area (Å²) in [4.78, 5) is 9.18. The monoisotopic (exact) mass is 183 g/mol. The van der Waals surface area contributed by atoms with Crippen LogP contribution in [0.15, 0.2) is 30.3 Å². The minimum atomic E-state index is -1.97. The first-order valence-corrected chi connectivity index (χ1v) is 3.67. The Bertz CT molecular complexity index is 287. The molecule has 13 heavy (non-hydrogen) atoms. The maximum absolute atomic E-state index is 10.1. The van der Waals surface area contributed by atoms with E-state index < -0.39 is 17.3 Å². The summed E-state index contributed by atoms with van der Waals surface area (Å²) in [5.74, 6) is 0. The Morgan fingerprint density at radius 1 is 1.23 bits per heavy atom. The highest BCUT2D eigenvalue weighted by molar-refractivity contribution is 5.17. The standard InChI is InChI=1S/C8H9NO4/c10-7(8(11)9(12)13)6-4-2-1-3-5-6/h1-5,7-8,10-11H/t7-,8-/m0/s1. The van der Waals surface area contributed by atoms with Gasteiger partial charge in [-0.05, 0) is 5.56 Å². The maximum atomic E-state index is 10.1. The lowest BCUT2D eigenvalue weighted by Crippen LogP contribution is -2.26. The van der Waals surface area contributed by atoms with Crippen molar-refractivity contribution in [3.05, 3.63) is 46.0 Å². The molecule has 0 unspecified atom stereocenters. The Labute approximate surface area is 74.4 Å². The van der Waals surface area contributed by atoms with Crippen molar-refractivity contribution in [3.63, 3.8) is 0 Å². The molecule has 0 saturated carbocycles. The van der Waals surface area contributed by atoms with Crippen molar-refractivity contribution < 1.29 is 15.1 Å². The lowest BCUT2D eigenvalue weighted by Gasteiger charge is -2.10. The van der Waals surface area contributed by atoms with E-state index in [2.05, 4.69) is 0 Å². The van der Waals surface area contributed by atoms with Gasteiger partial charge in [0.2, 0.25) is 0 Å². The van der Waals surface area contributed by atoms with E-state index >= 15 is 0 Å². The summed E-state index contributed by atoms with van der Waals surface area (Å²) in [7, 11) is 0. The van der Waals surface area contributed by atoms with Crippen LogP contribution in [0, 0.1) is 10.1 Å². The van der Waals surface area contributed by atoms with Crippen LogP contribution in [-0.2, 0) is 0 Å². The third-order valence-corrected chi connectivity index (χ3v) is 1.64. The first-order chi connectivity index (χ1) is 6.13. The fourth-order valence-corrected chi connectivity index (χ4v) is 0.938. The Morgan fingerprint density at radius 2 is 1.77 bits per heavy atom. The van der Waals surface area contributed by atoms with Gasteiger partial charge in [-0.2, -0.15) is 0 Å². The molecule has 0 aromatic heterocycles. The Morgan fingerprint density at radius 3 is 2.23 bits per heavy atom. The minimum Gasteiger partial charge on any atom is -0.379 e. The zero-order chi connectivity index (χ0) is 9.84. The van der Waals surface area contributed by atoms with Gasteiger partial charge in [-0.3, -0.25) is 10.1 Å². The molecule has 0 bridgehead atoms. The second kappa shape index (κ2) is 3.97. The van der Waals surface area contributed by atoms with Crippen molar-refractivity contribution in [2.45, 2.75) is 12.3 Å². The minimum absolute atomic E-state index is 0.326. The summed E-state index contributed by atoms with van der Waals surface area (Å²) >= 11 is 0. The van der Waals surface area contributed by atoms with Gasteiger partial charge in [0.15, 0.2) is 6.10 Å². The van der Waals surface area contributed by atoms with Crippen molar-refractivity contribution in [1.82, 2.24) is 0 Å². The van der Waals surface area contributed by atoms with Crippen LogP contribution in [0.5, 0.6) is 0 Å². The molecule has 2 N–H and O–H groups in total. The maximum Gasteiger partial charge on any atom is 0.343 e. The van der Waals surface area contributed by atoms with Gasteiger partial charge in [-0.1, -0.05) is 30.3 Å². The zero-order valence-electron chi connectivity index (χ0n) is 6.70.